The van der Waals surface area contributed by atoms with E-state index < -0.39 is 10.8 Å². The molecule has 106 valence electrons. The number of benzene rings is 1. The number of hydrogen-bond donors (Lipinski definition) is 1. The van der Waals surface area contributed by atoms with E-state index in [9.17, 15) is 9.00 Å². The van der Waals surface area contributed by atoms with Gasteiger partial charge in [-0.3, -0.25) is 9.00 Å². The van der Waals surface area contributed by atoms with Gasteiger partial charge < -0.3 is 5.32 Å². The van der Waals surface area contributed by atoms with Crippen LogP contribution in [-0.4, -0.2) is 28.2 Å². The zero-order valence-electron chi connectivity index (χ0n) is 10.7. The molecule has 0 saturated heterocycles. The van der Waals surface area contributed by atoms with Crippen LogP contribution in [0.25, 0.3) is 0 Å². The molecule has 1 aromatic carbocycles. The van der Waals surface area contributed by atoms with Crippen LogP contribution in [0.15, 0.2) is 18.2 Å². The van der Waals surface area contributed by atoms with Gasteiger partial charge in [-0.2, -0.15) is 0 Å². The van der Waals surface area contributed by atoms with Gasteiger partial charge in [-0.25, -0.2) is 0 Å². The Morgan fingerprint density at radius 3 is 2.79 bits per heavy atom. The Labute approximate surface area is 126 Å². The Morgan fingerprint density at radius 2 is 2.11 bits per heavy atom. The van der Waals surface area contributed by atoms with E-state index in [-0.39, 0.29) is 5.91 Å². The predicted octanol–water partition coefficient (Wildman–Crippen LogP) is 2.81. The molecule has 1 N–H and O–H groups in total. The maximum absolute atomic E-state index is 11.6. The SMILES string of the molecule is CC[S@](=O)CCNC(=O)CCc1cccc(Cl)c1Cl. The molecule has 0 aromatic heterocycles. The fourth-order valence-electron chi connectivity index (χ4n) is 1.53. The first-order valence-corrected chi connectivity index (χ1v) is 8.33. The van der Waals surface area contributed by atoms with Crippen LogP contribution in [0.5, 0.6) is 0 Å². The van der Waals surface area contributed by atoms with Gasteiger partial charge in [0.25, 0.3) is 0 Å². The summed E-state index contributed by atoms with van der Waals surface area (Å²) in [5.74, 6) is 1.05. The fourth-order valence-corrected chi connectivity index (χ4v) is 2.56. The highest BCUT2D eigenvalue weighted by Crippen LogP contribution is 2.26. The van der Waals surface area contributed by atoms with Crippen molar-refractivity contribution < 1.29 is 9.00 Å². The molecule has 0 heterocycles. The van der Waals surface area contributed by atoms with Gasteiger partial charge in [-0.05, 0) is 18.1 Å². The Kier molecular flexibility index (Phi) is 7.42. The summed E-state index contributed by atoms with van der Waals surface area (Å²) in [7, 11) is -0.843. The quantitative estimate of drug-likeness (QED) is 0.839. The molecule has 0 unspecified atom stereocenters. The molecule has 0 aliphatic heterocycles. The van der Waals surface area contributed by atoms with E-state index in [4.69, 9.17) is 23.2 Å². The number of hydrogen-bond acceptors (Lipinski definition) is 2. The average molecular weight is 322 g/mol. The lowest BCUT2D eigenvalue weighted by molar-refractivity contribution is -0.120. The first-order valence-electron chi connectivity index (χ1n) is 6.09. The van der Waals surface area contributed by atoms with E-state index in [0.717, 1.165) is 5.56 Å². The molecule has 1 aromatic rings. The van der Waals surface area contributed by atoms with E-state index in [1.54, 1.807) is 6.07 Å². The van der Waals surface area contributed by atoms with Gasteiger partial charge in [0.05, 0.1) is 10.0 Å². The summed E-state index contributed by atoms with van der Waals surface area (Å²) in [6.45, 7) is 2.31. The Balaban J connectivity index is 2.34. The summed E-state index contributed by atoms with van der Waals surface area (Å²) in [6.07, 6.45) is 0.890. The molecule has 0 saturated carbocycles. The van der Waals surface area contributed by atoms with Gasteiger partial charge in [0.15, 0.2) is 0 Å². The molecule has 0 radical (unpaired) electrons. The molecule has 6 heteroatoms. The van der Waals surface area contributed by atoms with Gasteiger partial charge in [0, 0.05) is 35.3 Å². The summed E-state index contributed by atoms with van der Waals surface area (Å²) >= 11 is 11.9. The van der Waals surface area contributed by atoms with Crippen molar-refractivity contribution in [3.8, 4) is 0 Å². The number of aryl methyl sites for hydroxylation is 1. The monoisotopic (exact) mass is 321 g/mol. The number of halogens is 2. The van der Waals surface area contributed by atoms with Crippen LogP contribution >= 0.6 is 23.2 Å². The molecule has 0 spiro atoms. The largest absolute Gasteiger partial charge is 0.355 e. The van der Waals surface area contributed by atoms with Crippen molar-refractivity contribution in [2.75, 3.05) is 18.1 Å². The van der Waals surface area contributed by atoms with Crippen LogP contribution in [0, 0.1) is 0 Å². The van der Waals surface area contributed by atoms with Crippen LogP contribution in [0.3, 0.4) is 0 Å². The van der Waals surface area contributed by atoms with Crippen molar-refractivity contribution in [3.05, 3.63) is 33.8 Å². The number of nitrogens with one attached hydrogen (secondary N) is 1. The van der Waals surface area contributed by atoms with Crippen LogP contribution in [0.1, 0.15) is 18.9 Å². The molecule has 1 rings (SSSR count). The van der Waals surface area contributed by atoms with Gasteiger partial charge in [-0.15, -0.1) is 0 Å². The van der Waals surface area contributed by atoms with Crippen LogP contribution in [0.2, 0.25) is 10.0 Å². The second kappa shape index (κ2) is 8.56. The average Bonchev–Trinajstić information content (AvgIpc) is 2.40. The summed E-state index contributed by atoms with van der Waals surface area (Å²) in [5.41, 5.74) is 0.862. The molecule has 1 amide bonds. The molecule has 0 fully saturated rings. The van der Waals surface area contributed by atoms with Crippen molar-refractivity contribution >= 4 is 39.9 Å². The fraction of sp³-hybridized carbons (Fsp3) is 0.462. The number of rotatable bonds is 7. The minimum absolute atomic E-state index is 0.0656. The van der Waals surface area contributed by atoms with Gasteiger partial charge in [-0.1, -0.05) is 42.3 Å². The Bertz CT molecular complexity index is 466. The van der Waals surface area contributed by atoms with Crippen molar-refractivity contribution in [1.29, 1.82) is 0 Å². The Morgan fingerprint density at radius 1 is 1.37 bits per heavy atom. The molecular formula is C13H17Cl2NO2S. The minimum Gasteiger partial charge on any atom is -0.355 e. The summed E-state index contributed by atoms with van der Waals surface area (Å²) < 4.78 is 11.2. The first-order chi connectivity index (χ1) is 9.04. The number of carbonyl (C=O) groups excluding carboxylic acids is 1. The number of carbonyl (C=O) groups is 1. The molecule has 3 nitrogen and oxygen atoms in total. The third kappa shape index (κ3) is 5.93. The molecule has 0 bridgehead atoms. The van der Waals surface area contributed by atoms with Gasteiger partial charge in [0.2, 0.25) is 5.91 Å². The second-order valence-electron chi connectivity index (χ2n) is 4.00. The van der Waals surface area contributed by atoms with Crippen molar-refractivity contribution in [1.82, 2.24) is 5.32 Å². The maximum Gasteiger partial charge on any atom is 0.220 e. The summed E-state index contributed by atoms with van der Waals surface area (Å²) in [6, 6.07) is 5.38. The van der Waals surface area contributed by atoms with Gasteiger partial charge >= 0.3 is 0 Å². The molecule has 0 aliphatic rings. The number of amides is 1. The highest BCUT2D eigenvalue weighted by atomic mass is 35.5. The Hall–Kier alpha value is -0.580. The van der Waals surface area contributed by atoms with E-state index in [1.807, 2.05) is 19.1 Å². The van der Waals surface area contributed by atoms with Crippen LogP contribution in [0.4, 0.5) is 0 Å². The second-order valence-corrected chi connectivity index (χ2v) is 6.65. The van der Waals surface area contributed by atoms with Crippen molar-refractivity contribution in [2.45, 2.75) is 19.8 Å². The van der Waals surface area contributed by atoms with E-state index in [2.05, 4.69) is 5.32 Å². The lowest BCUT2D eigenvalue weighted by Gasteiger charge is -2.07. The predicted molar refractivity (Wildman–Crippen MR) is 81.3 cm³/mol. The lowest BCUT2D eigenvalue weighted by atomic mass is 10.1. The molecule has 1 atom stereocenters. The highest BCUT2D eigenvalue weighted by Gasteiger charge is 2.07. The standard InChI is InChI=1S/C13H17Cl2NO2S/c1-2-19(18)9-8-16-12(17)7-6-10-4-3-5-11(14)13(10)15/h3-5H,2,6-9H2,1H3,(H,16,17)/t19-/m0/s1. The van der Waals surface area contributed by atoms with E-state index >= 15 is 0 Å². The third-order valence-corrected chi connectivity index (χ3v) is 4.79. The minimum atomic E-state index is -0.843. The highest BCUT2D eigenvalue weighted by molar-refractivity contribution is 7.84. The molecule has 19 heavy (non-hydrogen) atoms. The topological polar surface area (TPSA) is 46.2 Å². The third-order valence-electron chi connectivity index (χ3n) is 2.63. The van der Waals surface area contributed by atoms with Crippen molar-refractivity contribution in [3.63, 3.8) is 0 Å². The summed E-state index contributed by atoms with van der Waals surface area (Å²) in [5, 5.41) is 3.75. The smallest absolute Gasteiger partial charge is 0.220 e. The molecule has 0 aliphatic carbocycles. The van der Waals surface area contributed by atoms with Crippen LogP contribution in [-0.2, 0) is 22.0 Å². The van der Waals surface area contributed by atoms with E-state index in [1.165, 1.54) is 0 Å². The normalized spacial score (nSPS) is 12.2. The van der Waals surface area contributed by atoms with Crippen LogP contribution < -0.4 is 5.32 Å². The zero-order chi connectivity index (χ0) is 14.3. The molecular weight excluding hydrogens is 305 g/mol. The van der Waals surface area contributed by atoms with Crippen molar-refractivity contribution in [2.24, 2.45) is 0 Å². The maximum atomic E-state index is 11.6. The first kappa shape index (κ1) is 16.5. The van der Waals surface area contributed by atoms with Gasteiger partial charge in [0.1, 0.15) is 0 Å². The van der Waals surface area contributed by atoms with E-state index in [0.29, 0.717) is 40.9 Å². The lowest BCUT2D eigenvalue weighted by Crippen LogP contribution is -2.28. The summed E-state index contributed by atoms with van der Waals surface area (Å²) in [4.78, 5) is 11.6. The zero-order valence-corrected chi connectivity index (χ0v) is 13.1.